The van der Waals surface area contributed by atoms with Crippen LogP contribution in [0, 0.1) is 0 Å². The molecule has 0 saturated heterocycles. The van der Waals surface area contributed by atoms with Crippen molar-refractivity contribution in [2.45, 2.75) is 13.3 Å². The van der Waals surface area contributed by atoms with Crippen LogP contribution in [0.15, 0.2) is 50.6 Å². The molecule has 0 radical (unpaired) electrons. The molecule has 0 amide bonds. The van der Waals surface area contributed by atoms with Gasteiger partial charge in [-0.25, -0.2) is 4.79 Å². The molecule has 2 aromatic carbocycles. The Morgan fingerprint density at radius 1 is 1.27 bits per heavy atom. The average Bonchev–Trinajstić information content (AvgIpc) is 2.62. The molecule has 5 nitrogen and oxygen atoms in total. The van der Waals surface area contributed by atoms with Gasteiger partial charge >= 0.3 is 5.63 Å². The van der Waals surface area contributed by atoms with E-state index in [-0.39, 0.29) is 34.8 Å². The number of allylic oxidation sites excluding steroid dienone is 1. The van der Waals surface area contributed by atoms with Gasteiger partial charge in [0.25, 0.3) is 0 Å². The summed E-state index contributed by atoms with van der Waals surface area (Å²) in [7, 11) is 0. The highest BCUT2D eigenvalue weighted by Gasteiger charge is 2.19. The summed E-state index contributed by atoms with van der Waals surface area (Å²) in [6.45, 7) is 5.28. The highest BCUT2D eigenvalue weighted by atomic mass is 35.5. The van der Waals surface area contributed by atoms with Gasteiger partial charge in [-0.2, -0.15) is 0 Å². The van der Waals surface area contributed by atoms with E-state index in [9.17, 15) is 15.0 Å². The molecule has 132 valence electrons. The van der Waals surface area contributed by atoms with Crippen LogP contribution in [0.3, 0.4) is 0 Å². The number of nitrogens with zero attached hydrogens (tertiary/aromatic N) is 1. The van der Waals surface area contributed by atoms with E-state index in [1.807, 2.05) is 6.92 Å². The number of hydrogen-bond donors (Lipinski definition) is 2. The molecule has 0 aliphatic rings. The molecular weight excluding hydrogens is 354 g/mol. The van der Waals surface area contributed by atoms with E-state index < -0.39 is 5.63 Å². The quantitative estimate of drug-likeness (QED) is 0.510. The molecule has 0 aliphatic heterocycles. The van der Waals surface area contributed by atoms with Crippen LogP contribution in [0.5, 0.6) is 11.5 Å². The van der Waals surface area contributed by atoms with Crippen molar-refractivity contribution in [2.24, 2.45) is 4.99 Å². The smallest absolute Gasteiger partial charge is 0.343 e. The third-order valence-electron chi connectivity index (χ3n) is 4.08. The molecule has 3 aromatic rings. The first-order valence-corrected chi connectivity index (χ1v) is 8.23. The number of fused-ring (bicyclic) bond motifs is 1. The van der Waals surface area contributed by atoms with Crippen LogP contribution in [0.1, 0.15) is 23.6 Å². The van der Waals surface area contributed by atoms with E-state index in [0.717, 1.165) is 0 Å². The highest BCUT2D eigenvalue weighted by Crippen LogP contribution is 2.41. The SMILES string of the molecule is C=Nc1c(O)c(Cc2c(O)c3ccccc3oc2=O)cc(Cl)c1/C=C\C. The lowest BCUT2D eigenvalue weighted by Crippen LogP contribution is -2.09. The van der Waals surface area contributed by atoms with Crippen LogP contribution < -0.4 is 5.63 Å². The number of rotatable bonds is 4. The van der Waals surface area contributed by atoms with Gasteiger partial charge in [-0.1, -0.05) is 35.9 Å². The number of para-hydroxylation sites is 1. The number of phenolic OH excluding ortho intramolecular Hbond substituents is 1. The Labute approximate surface area is 154 Å². The third-order valence-corrected chi connectivity index (χ3v) is 4.39. The van der Waals surface area contributed by atoms with Crippen molar-refractivity contribution >= 4 is 41.1 Å². The molecule has 0 bridgehead atoms. The van der Waals surface area contributed by atoms with Gasteiger partial charge in [-0.3, -0.25) is 4.99 Å². The molecule has 1 aromatic heterocycles. The molecule has 6 heteroatoms. The Kier molecular flexibility index (Phi) is 4.82. The van der Waals surface area contributed by atoms with Gasteiger partial charge in [-0.15, -0.1) is 0 Å². The van der Waals surface area contributed by atoms with Crippen LogP contribution in [-0.2, 0) is 6.42 Å². The number of hydrogen-bond acceptors (Lipinski definition) is 5. The van der Waals surface area contributed by atoms with Gasteiger partial charge < -0.3 is 14.6 Å². The fraction of sp³-hybridized carbons (Fsp3) is 0.100. The normalized spacial score (nSPS) is 11.3. The fourth-order valence-electron chi connectivity index (χ4n) is 2.83. The highest BCUT2D eigenvalue weighted by molar-refractivity contribution is 6.32. The summed E-state index contributed by atoms with van der Waals surface area (Å²) >= 11 is 6.29. The summed E-state index contributed by atoms with van der Waals surface area (Å²) in [6, 6.07) is 8.22. The molecule has 0 saturated carbocycles. The second-order valence-electron chi connectivity index (χ2n) is 5.68. The summed E-state index contributed by atoms with van der Waals surface area (Å²) in [5.74, 6) is -0.331. The van der Waals surface area contributed by atoms with Crippen molar-refractivity contribution in [3.63, 3.8) is 0 Å². The maximum atomic E-state index is 12.3. The zero-order valence-corrected chi connectivity index (χ0v) is 14.7. The van der Waals surface area contributed by atoms with Crippen molar-refractivity contribution in [2.75, 3.05) is 0 Å². The zero-order chi connectivity index (χ0) is 18.8. The van der Waals surface area contributed by atoms with Crippen LogP contribution >= 0.6 is 11.6 Å². The summed E-state index contributed by atoms with van der Waals surface area (Å²) in [6.07, 6.45) is 3.40. The van der Waals surface area contributed by atoms with Crippen molar-refractivity contribution in [3.8, 4) is 11.5 Å². The molecule has 0 fully saturated rings. The van der Waals surface area contributed by atoms with Crippen molar-refractivity contribution in [1.29, 1.82) is 0 Å². The molecule has 0 spiro atoms. The maximum absolute atomic E-state index is 12.3. The monoisotopic (exact) mass is 369 g/mol. The minimum atomic E-state index is -0.678. The van der Waals surface area contributed by atoms with Crippen molar-refractivity contribution in [3.05, 3.63) is 68.5 Å². The number of aliphatic imine (C=N–C) groups is 1. The Morgan fingerprint density at radius 2 is 2.00 bits per heavy atom. The molecule has 0 atom stereocenters. The molecule has 26 heavy (non-hydrogen) atoms. The second-order valence-corrected chi connectivity index (χ2v) is 6.08. The van der Waals surface area contributed by atoms with Crippen LogP contribution in [0.4, 0.5) is 5.69 Å². The third kappa shape index (κ3) is 2.97. The van der Waals surface area contributed by atoms with E-state index in [1.54, 1.807) is 36.4 Å². The first-order valence-electron chi connectivity index (χ1n) is 7.85. The van der Waals surface area contributed by atoms with Gasteiger partial charge in [0, 0.05) is 17.5 Å². The summed E-state index contributed by atoms with van der Waals surface area (Å²) in [5.41, 5.74) is 0.725. The topological polar surface area (TPSA) is 83.0 Å². The van der Waals surface area contributed by atoms with E-state index in [4.69, 9.17) is 16.0 Å². The Balaban J connectivity index is 2.19. The molecule has 0 unspecified atom stereocenters. The van der Waals surface area contributed by atoms with Crippen molar-refractivity contribution in [1.82, 2.24) is 0 Å². The zero-order valence-electron chi connectivity index (χ0n) is 14.0. The lowest BCUT2D eigenvalue weighted by molar-refractivity contribution is 0.454. The summed E-state index contributed by atoms with van der Waals surface area (Å²) in [4.78, 5) is 16.1. The molecule has 1 heterocycles. The van der Waals surface area contributed by atoms with E-state index in [1.165, 1.54) is 6.07 Å². The average molecular weight is 370 g/mol. The molecule has 2 N–H and O–H groups in total. The molecular formula is C20H16ClNO4. The van der Waals surface area contributed by atoms with E-state index in [2.05, 4.69) is 11.7 Å². The molecule has 0 aliphatic carbocycles. The van der Waals surface area contributed by atoms with Gasteiger partial charge in [0.15, 0.2) is 0 Å². The number of aromatic hydroxyl groups is 2. The van der Waals surface area contributed by atoms with Crippen LogP contribution in [0.2, 0.25) is 5.02 Å². The number of benzene rings is 2. The van der Waals surface area contributed by atoms with Crippen LogP contribution in [-0.4, -0.2) is 16.9 Å². The Bertz CT molecular complexity index is 1100. The van der Waals surface area contributed by atoms with Gasteiger partial charge in [0.1, 0.15) is 22.8 Å². The van der Waals surface area contributed by atoms with Gasteiger partial charge in [0.05, 0.1) is 16.0 Å². The minimum Gasteiger partial charge on any atom is -0.507 e. The fourth-order valence-corrected chi connectivity index (χ4v) is 3.11. The van der Waals surface area contributed by atoms with Crippen LogP contribution in [0.25, 0.3) is 17.0 Å². The first kappa shape index (κ1) is 17.8. The Hall–Kier alpha value is -3.05. The Morgan fingerprint density at radius 3 is 2.69 bits per heavy atom. The maximum Gasteiger partial charge on any atom is 0.343 e. The molecule has 3 rings (SSSR count). The summed E-state index contributed by atoms with van der Waals surface area (Å²) < 4.78 is 5.26. The number of halogens is 1. The van der Waals surface area contributed by atoms with E-state index >= 15 is 0 Å². The summed E-state index contributed by atoms with van der Waals surface area (Å²) in [5, 5.41) is 21.8. The first-order chi connectivity index (χ1) is 12.5. The second kappa shape index (κ2) is 7.06. The number of phenols is 1. The van der Waals surface area contributed by atoms with Crippen molar-refractivity contribution < 1.29 is 14.6 Å². The standard InChI is InChI=1S/C20H16ClNO4/c1-3-6-12-15(21)10-11(18(23)17(12)22-2)9-14-19(24)13-7-4-5-8-16(13)26-20(14)25/h3-8,10,23-24H,2,9H2,1H3/b6-3-. The van der Waals surface area contributed by atoms with Gasteiger partial charge in [0.2, 0.25) is 0 Å². The lowest BCUT2D eigenvalue weighted by Gasteiger charge is -2.12. The van der Waals surface area contributed by atoms with Gasteiger partial charge in [-0.05, 0) is 31.8 Å². The predicted octanol–water partition coefficient (Wildman–Crippen LogP) is 4.81. The lowest BCUT2D eigenvalue weighted by atomic mass is 9.99. The minimum absolute atomic E-state index is 0.0314. The predicted molar refractivity (Wildman–Crippen MR) is 104 cm³/mol. The van der Waals surface area contributed by atoms with E-state index in [0.29, 0.717) is 21.5 Å². The largest absolute Gasteiger partial charge is 0.507 e.